The predicted octanol–water partition coefficient (Wildman–Crippen LogP) is 2.71. The van der Waals surface area contributed by atoms with Crippen LogP contribution in [0, 0.1) is 13.8 Å². The van der Waals surface area contributed by atoms with E-state index in [9.17, 15) is 0 Å². The molecule has 4 heteroatoms. The van der Waals surface area contributed by atoms with Gasteiger partial charge < -0.3 is 10.3 Å². The molecule has 0 fully saturated rings. The number of nitrogens with zero attached hydrogens (tertiary/aromatic N) is 2. The number of hydrogen-bond donors (Lipinski definition) is 1. The minimum atomic E-state index is 0.527. The molecule has 0 radical (unpaired) electrons. The summed E-state index contributed by atoms with van der Waals surface area (Å²) in [6.07, 6.45) is 1.84. The number of aromatic nitrogens is 2. The van der Waals surface area contributed by atoms with E-state index in [1.165, 1.54) is 0 Å². The molecule has 1 aromatic heterocycles. The third kappa shape index (κ3) is 1.90. The molecule has 1 aromatic carbocycles. The second kappa shape index (κ2) is 4.39. The smallest absolute Gasteiger partial charge is 0.0997 e. The molecule has 0 bridgehead atoms. The lowest BCUT2D eigenvalue weighted by Gasteiger charge is -2.11. The van der Waals surface area contributed by atoms with Crippen LogP contribution >= 0.6 is 15.9 Å². The van der Waals surface area contributed by atoms with Crippen molar-refractivity contribution in [2.24, 2.45) is 5.73 Å². The van der Waals surface area contributed by atoms with Gasteiger partial charge in [0.15, 0.2) is 0 Å². The minimum absolute atomic E-state index is 0.527. The molecule has 0 amide bonds. The maximum atomic E-state index is 5.75. The molecule has 2 aromatic rings. The molecular formula is C12H14BrN3. The number of hydrogen-bond acceptors (Lipinski definition) is 2. The average molecular weight is 280 g/mol. The zero-order chi connectivity index (χ0) is 11.7. The van der Waals surface area contributed by atoms with Gasteiger partial charge in [0.05, 0.1) is 17.7 Å². The normalized spacial score (nSPS) is 10.8. The predicted molar refractivity (Wildman–Crippen MR) is 68.6 cm³/mol. The molecule has 2 rings (SSSR count). The summed E-state index contributed by atoms with van der Waals surface area (Å²) in [5.41, 5.74) is 10.1. The van der Waals surface area contributed by atoms with Crippen LogP contribution in [0.3, 0.4) is 0 Å². The Bertz CT molecular complexity index is 517. The molecule has 3 nitrogen and oxygen atoms in total. The second-order valence-electron chi connectivity index (χ2n) is 3.76. The van der Waals surface area contributed by atoms with E-state index in [0.29, 0.717) is 6.54 Å². The van der Waals surface area contributed by atoms with Gasteiger partial charge in [-0.1, -0.05) is 22.0 Å². The average Bonchev–Trinajstić information content (AvgIpc) is 2.60. The van der Waals surface area contributed by atoms with Gasteiger partial charge in [0, 0.05) is 16.7 Å². The summed E-state index contributed by atoms with van der Waals surface area (Å²) in [5, 5.41) is 0. The van der Waals surface area contributed by atoms with Crippen LogP contribution in [-0.2, 0) is 6.54 Å². The lowest BCUT2D eigenvalue weighted by Crippen LogP contribution is -2.05. The Hall–Kier alpha value is -1.13. The van der Waals surface area contributed by atoms with Crippen LogP contribution < -0.4 is 5.73 Å². The van der Waals surface area contributed by atoms with Gasteiger partial charge >= 0.3 is 0 Å². The first kappa shape index (κ1) is 11.4. The second-order valence-corrected chi connectivity index (χ2v) is 4.68. The van der Waals surface area contributed by atoms with Crippen molar-refractivity contribution in [1.82, 2.24) is 9.55 Å². The molecular weight excluding hydrogens is 266 g/mol. The molecule has 0 aliphatic heterocycles. The lowest BCUT2D eigenvalue weighted by molar-refractivity contribution is 0.950. The van der Waals surface area contributed by atoms with E-state index < -0.39 is 0 Å². The Kier molecular flexibility index (Phi) is 3.12. The standard InChI is InChI=1S/C12H14BrN3/c1-8-9(2)16(7-15-8)12-5-11(13)4-3-10(12)6-14/h3-5,7H,6,14H2,1-2H3. The van der Waals surface area contributed by atoms with Crippen molar-refractivity contribution in [3.8, 4) is 5.69 Å². The van der Waals surface area contributed by atoms with E-state index in [2.05, 4.69) is 38.5 Å². The minimum Gasteiger partial charge on any atom is -0.326 e. The highest BCUT2D eigenvalue weighted by molar-refractivity contribution is 9.10. The number of nitrogens with two attached hydrogens (primary N) is 1. The largest absolute Gasteiger partial charge is 0.326 e. The van der Waals surface area contributed by atoms with Crippen molar-refractivity contribution in [1.29, 1.82) is 0 Å². The van der Waals surface area contributed by atoms with E-state index in [1.54, 1.807) is 0 Å². The van der Waals surface area contributed by atoms with E-state index in [1.807, 2.05) is 25.4 Å². The van der Waals surface area contributed by atoms with Crippen molar-refractivity contribution in [3.05, 3.63) is 46.0 Å². The summed E-state index contributed by atoms with van der Waals surface area (Å²) >= 11 is 3.48. The summed E-state index contributed by atoms with van der Waals surface area (Å²) in [6.45, 7) is 4.59. The number of benzene rings is 1. The van der Waals surface area contributed by atoms with Crippen LogP contribution in [-0.4, -0.2) is 9.55 Å². The van der Waals surface area contributed by atoms with E-state index in [0.717, 1.165) is 27.1 Å². The maximum Gasteiger partial charge on any atom is 0.0997 e. The van der Waals surface area contributed by atoms with Gasteiger partial charge in [0.1, 0.15) is 0 Å². The van der Waals surface area contributed by atoms with Crippen LogP contribution in [0.5, 0.6) is 0 Å². The molecule has 84 valence electrons. The quantitative estimate of drug-likeness (QED) is 0.919. The maximum absolute atomic E-state index is 5.75. The topological polar surface area (TPSA) is 43.8 Å². The highest BCUT2D eigenvalue weighted by atomic mass is 79.9. The zero-order valence-electron chi connectivity index (χ0n) is 9.37. The van der Waals surface area contributed by atoms with Crippen LogP contribution in [0.1, 0.15) is 17.0 Å². The van der Waals surface area contributed by atoms with Gasteiger partial charge in [0.25, 0.3) is 0 Å². The van der Waals surface area contributed by atoms with Gasteiger partial charge in [-0.25, -0.2) is 4.98 Å². The molecule has 0 spiro atoms. The zero-order valence-corrected chi connectivity index (χ0v) is 11.0. The number of rotatable bonds is 2. The lowest BCUT2D eigenvalue weighted by atomic mass is 10.1. The Labute approximate surface area is 103 Å². The Balaban J connectivity index is 2.62. The summed E-state index contributed by atoms with van der Waals surface area (Å²) in [4.78, 5) is 4.30. The molecule has 0 saturated carbocycles. The van der Waals surface area contributed by atoms with Gasteiger partial charge in [-0.05, 0) is 31.5 Å². The Morgan fingerprint density at radius 3 is 2.69 bits per heavy atom. The van der Waals surface area contributed by atoms with E-state index in [4.69, 9.17) is 5.73 Å². The monoisotopic (exact) mass is 279 g/mol. The van der Waals surface area contributed by atoms with E-state index >= 15 is 0 Å². The van der Waals surface area contributed by atoms with Crippen molar-refractivity contribution < 1.29 is 0 Å². The SMILES string of the molecule is Cc1ncn(-c2cc(Br)ccc2CN)c1C. The van der Waals surface area contributed by atoms with Gasteiger partial charge in [-0.3, -0.25) is 0 Å². The molecule has 0 unspecified atom stereocenters. The van der Waals surface area contributed by atoms with Crippen LogP contribution in [0.25, 0.3) is 5.69 Å². The fourth-order valence-electron chi connectivity index (χ4n) is 1.68. The number of imidazole rings is 1. The highest BCUT2D eigenvalue weighted by Crippen LogP contribution is 2.22. The van der Waals surface area contributed by atoms with Crippen LogP contribution in [0.2, 0.25) is 0 Å². The van der Waals surface area contributed by atoms with Crippen molar-refractivity contribution >= 4 is 15.9 Å². The van der Waals surface area contributed by atoms with Crippen molar-refractivity contribution in [2.45, 2.75) is 20.4 Å². The molecule has 0 atom stereocenters. The Morgan fingerprint density at radius 1 is 1.38 bits per heavy atom. The van der Waals surface area contributed by atoms with Crippen molar-refractivity contribution in [3.63, 3.8) is 0 Å². The number of halogens is 1. The molecule has 0 saturated heterocycles. The van der Waals surface area contributed by atoms with Gasteiger partial charge in [0.2, 0.25) is 0 Å². The van der Waals surface area contributed by atoms with Gasteiger partial charge in [-0.15, -0.1) is 0 Å². The fraction of sp³-hybridized carbons (Fsp3) is 0.250. The first-order valence-corrected chi connectivity index (χ1v) is 5.92. The summed E-state index contributed by atoms with van der Waals surface area (Å²) in [5.74, 6) is 0. The first-order chi connectivity index (χ1) is 7.63. The molecule has 2 N–H and O–H groups in total. The fourth-order valence-corrected chi connectivity index (χ4v) is 2.02. The van der Waals surface area contributed by atoms with E-state index in [-0.39, 0.29) is 0 Å². The highest BCUT2D eigenvalue weighted by Gasteiger charge is 2.08. The third-order valence-corrected chi connectivity index (χ3v) is 3.27. The molecule has 0 aliphatic rings. The molecule has 0 aliphatic carbocycles. The third-order valence-electron chi connectivity index (χ3n) is 2.78. The summed E-state index contributed by atoms with van der Waals surface area (Å²) in [7, 11) is 0. The first-order valence-electron chi connectivity index (χ1n) is 5.13. The Morgan fingerprint density at radius 2 is 2.12 bits per heavy atom. The molecule has 1 heterocycles. The summed E-state index contributed by atoms with van der Waals surface area (Å²) in [6, 6.07) is 6.11. The summed E-state index contributed by atoms with van der Waals surface area (Å²) < 4.78 is 3.12. The van der Waals surface area contributed by atoms with Crippen molar-refractivity contribution in [2.75, 3.05) is 0 Å². The van der Waals surface area contributed by atoms with Gasteiger partial charge in [-0.2, -0.15) is 0 Å². The van der Waals surface area contributed by atoms with Crippen LogP contribution in [0.4, 0.5) is 0 Å². The van der Waals surface area contributed by atoms with Crippen LogP contribution in [0.15, 0.2) is 29.0 Å². The molecule has 16 heavy (non-hydrogen) atoms. The number of aryl methyl sites for hydroxylation is 1.